The van der Waals surface area contributed by atoms with E-state index in [0.29, 0.717) is 19.4 Å². The fraction of sp³-hybridized carbons (Fsp3) is 0.833. The van der Waals surface area contributed by atoms with Crippen LogP contribution in [0, 0.1) is 11.8 Å². The summed E-state index contributed by atoms with van der Waals surface area (Å²) in [7, 11) is 2.90. The van der Waals surface area contributed by atoms with Gasteiger partial charge in [-0.25, -0.2) is 0 Å². The maximum Gasteiger partial charge on any atom is 0.308 e. The molecule has 0 saturated carbocycles. The molecule has 0 aliphatic carbocycles. The van der Waals surface area contributed by atoms with Gasteiger partial charge in [0, 0.05) is 7.11 Å². The van der Waals surface area contributed by atoms with E-state index in [1.165, 1.54) is 7.11 Å². The predicted molar refractivity (Wildman–Crippen MR) is 62.4 cm³/mol. The van der Waals surface area contributed by atoms with E-state index < -0.39 is 0 Å². The summed E-state index contributed by atoms with van der Waals surface area (Å²) in [6, 6.07) is 0. The first-order chi connectivity index (χ1) is 8.06. The summed E-state index contributed by atoms with van der Waals surface area (Å²) in [5, 5.41) is 0. The lowest BCUT2D eigenvalue weighted by Gasteiger charge is -2.16. The van der Waals surface area contributed by atoms with Gasteiger partial charge in [0.2, 0.25) is 0 Å². The lowest BCUT2D eigenvalue weighted by atomic mass is 9.94. The van der Waals surface area contributed by atoms with Crippen LogP contribution in [0.1, 0.15) is 26.7 Å². The number of ether oxygens (including phenoxy) is 3. The Morgan fingerprint density at radius 2 is 1.76 bits per heavy atom. The van der Waals surface area contributed by atoms with Gasteiger partial charge in [-0.05, 0) is 12.8 Å². The van der Waals surface area contributed by atoms with Gasteiger partial charge in [-0.3, -0.25) is 9.59 Å². The first kappa shape index (κ1) is 15.9. The molecule has 100 valence electrons. The molecule has 0 fully saturated rings. The van der Waals surface area contributed by atoms with E-state index in [0.717, 1.165) is 0 Å². The van der Waals surface area contributed by atoms with E-state index in [9.17, 15) is 9.59 Å². The van der Waals surface area contributed by atoms with Gasteiger partial charge >= 0.3 is 11.9 Å². The molecule has 0 bridgehead atoms. The number of hydrogen-bond acceptors (Lipinski definition) is 5. The van der Waals surface area contributed by atoms with Gasteiger partial charge in [0.25, 0.3) is 0 Å². The third-order valence-electron chi connectivity index (χ3n) is 2.60. The third-order valence-corrected chi connectivity index (χ3v) is 2.60. The van der Waals surface area contributed by atoms with Crippen LogP contribution in [0.25, 0.3) is 0 Å². The molecule has 5 nitrogen and oxygen atoms in total. The van der Waals surface area contributed by atoms with Gasteiger partial charge < -0.3 is 14.2 Å². The summed E-state index contributed by atoms with van der Waals surface area (Å²) in [4.78, 5) is 22.9. The van der Waals surface area contributed by atoms with E-state index in [1.54, 1.807) is 14.0 Å². The summed E-state index contributed by atoms with van der Waals surface area (Å²) >= 11 is 0. The predicted octanol–water partition coefficient (Wildman–Crippen LogP) is 1.40. The second-order valence-corrected chi connectivity index (χ2v) is 3.93. The zero-order valence-electron chi connectivity index (χ0n) is 11.0. The summed E-state index contributed by atoms with van der Waals surface area (Å²) in [6.07, 6.45) is 1.11. The van der Waals surface area contributed by atoms with E-state index in [4.69, 9.17) is 9.47 Å². The van der Waals surface area contributed by atoms with Crippen molar-refractivity contribution >= 4 is 11.9 Å². The molecule has 0 amide bonds. The summed E-state index contributed by atoms with van der Waals surface area (Å²) in [5.41, 5.74) is 0. The van der Waals surface area contributed by atoms with Gasteiger partial charge in [0.1, 0.15) is 6.61 Å². The van der Waals surface area contributed by atoms with Crippen LogP contribution in [0.15, 0.2) is 0 Å². The molecular weight excluding hydrogens is 224 g/mol. The monoisotopic (exact) mass is 246 g/mol. The van der Waals surface area contributed by atoms with Crippen molar-refractivity contribution in [3.8, 4) is 0 Å². The average Bonchev–Trinajstić information content (AvgIpc) is 2.34. The number of hydrogen-bond donors (Lipinski definition) is 0. The lowest BCUT2D eigenvalue weighted by molar-refractivity contribution is -0.151. The molecule has 0 aliphatic heterocycles. The Kier molecular flexibility index (Phi) is 8.40. The van der Waals surface area contributed by atoms with Crippen LogP contribution in [0.3, 0.4) is 0 Å². The SMILES string of the molecule is CCC(CC(C)C(=O)OCCOC)C(=O)OC. The van der Waals surface area contributed by atoms with Gasteiger partial charge in [-0.15, -0.1) is 0 Å². The van der Waals surface area contributed by atoms with Crippen LogP contribution in [-0.4, -0.2) is 39.4 Å². The van der Waals surface area contributed by atoms with Crippen LogP contribution < -0.4 is 0 Å². The minimum Gasteiger partial charge on any atom is -0.469 e. The van der Waals surface area contributed by atoms with Crippen molar-refractivity contribution in [1.82, 2.24) is 0 Å². The highest BCUT2D eigenvalue weighted by atomic mass is 16.6. The summed E-state index contributed by atoms with van der Waals surface area (Å²) < 4.78 is 14.4. The van der Waals surface area contributed by atoms with Crippen LogP contribution >= 0.6 is 0 Å². The number of rotatable bonds is 8. The van der Waals surface area contributed by atoms with Crippen LogP contribution in [-0.2, 0) is 23.8 Å². The highest BCUT2D eigenvalue weighted by molar-refractivity contribution is 5.75. The molecule has 0 aliphatic rings. The molecular formula is C12H22O5. The molecule has 17 heavy (non-hydrogen) atoms. The third kappa shape index (κ3) is 6.26. The Morgan fingerprint density at radius 3 is 2.24 bits per heavy atom. The van der Waals surface area contributed by atoms with E-state index in [1.807, 2.05) is 6.92 Å². The summed E-state index contributed by atoms with van der Waals surface area (Å²) in [6.45, 7) is 4.27. The smallest absolute Gasteiger partial charge is 0.308 e. The first-order valence-corrected chi connectivity index (χ1v) is 5.80. The Labute approximate surface area is 102 Å². The highest BCUT2D eigenvalue weighted by Crippen LogP contribution is 2.18. The fourth-order valence-corrected chi connectivity index (χ4v) is 1.49. The molecule has 5 heteroatoms. The molecule has 0 radical (unpaired) electrons. The molecule has 0 spiro atoms. The molecule has 2 atom stereocenters. The topological polar surface area (TPSA) is 61.8 Å². The van der Waals surface area contributed by atoms with E-state index >= 15 is 0 Å². The van der Waals surface area contributed by atoms with E-state index in [2.05, 4.69) is 4.74 Å². The standard InChI is InChI=1S/C12H22O5/c1-5-10(12(14)16-4)8-9(2)11(13)17-7-6-15-3/h9-10H,5-8H2,1-4H3. The molecule has 0 saturated heterocycles. The van der Waals surface area contributed by atoms with Gasteiger partial charge in [-0.2, -0.15) is 0 Å². The van der Waals surface area contributed by atoms with Gasteiger partial charge in [0.05, 0.1) is 25.6 Å². The number of methoxy groups -OCH3 is 2. The normalized spacial score (nSPS) is 13.9. The fourth-order valence-electron chi connectivity index (χ4n) is 1.49. The van der Waals surface area contributed by atoms with Crippen LogP contribution in [0.2, 0.25) is 0 Å². The van der Waals surface area contributed by atoms with E-state index in [-0.39, 0.29) is 30.4 Å². The molecule has 0 rings (SSSR count). The van der Waals surface area contributed by atoms with Crippen molar-refractivity contribution in [3.05, 3.63) is 0 Å². The van der Waals surface area contributed by atoms with Crippen molar-refractivity contribution in [2.24, 2.45) is 11.8 Å². The molecule has 0 aromatic heterocycles. The molecule has 0 aromatic carbocycles. The van der Waals surface area contributed by atoms with Crippen molar-refractivity contribution in [1.29, 1.82) is 0 Å². The molecule has 0 aromatic rings. The van der Waals surface area contributed by atoms with Crippen molar-refractivity contribution in [2.45, 2.75) is 26.7 Å². The second-order valence-electron chi connectivity index (χ2n) is 3.93. The Bertz CT molecular complexity index is 239. The van der Waals surface area contributed by atoms with Crippen LogP contribution in [0.4, 0.5) is 0 Å². The van der Waals surface area contributed by atoms with Crippen LogP contribution in [0.5, 0.6) is 0 Å². The van der Waals surface area contributed by atoms with Gasteiger partial charge in [-0.1, -0.05) is 13.8 Å². The molecule has 2 unspecified atom stereocenters. The Morgan fingerprint density at radius 1 is 1.12 bits per heavy atom. The maximum absolute atomic E-state index is 11.6. The quantitative estimate of drug-likeness (QED) is 0.478. The number of esters is 2. The minimum absolute atomic E-state index is 0.245. The Balaban J connectivity index is 4.07. The number of carbonyl (C=O) groups is 2. The van der Waals surface area contributed by atoms with Gasteiger partial charge in [0.15, 0.2) is 0 Å². The highest BCUT2D eigenvalue weighted by Gasteiger charge is 2.24. The zero-order valence-corrected chi connectivity index (χ0v) is 11.0. The molecule has 0 N–H and O–H groups in total. The Hall–Kier alpha value is -1.10. The average molecular weight is 246 g/mol. The van der Waals surface area contributed by atoms with Crippen molar-refractivity contribution in [3.63, 3.8) is 0 Å². The maximum atomic E-state index is 11.6. The number of carbonyl (C=O) groups excluding carboxylic acids is 2. The zero-order chi connectivity index (χ0) is 13.3. The second kappa shape index (κ2) is 8.98. The molecule has 0 heterocycles. The largest absolute Gasteiger partial charge is 0.469 e. The van der Waals surface area contributed by atoms with Crippen molar-refractivity contribution < 1.29 is 23.8 Å². The summed E-state index contributed by atoms with van der Waals surface area (Å²) in [5.74, 6) is -1.13. The first-order valence-electron chi connectivity index (χ1n) is 5.80. The minimum atomic E-state index is -0.309. The van der Waals surface area contributed by atoms with Crippen molar-refractivity contribution in [2.75, 3.05) is 27.4 Å². The lowest BCUT2D eigenvalue weighted by Crippen LogP contribution is -2.24.